The summed E-state index contributed by atoms with van der Waals surface area (Å²) < 4.78 is 0. The number of carbonyl (C=O) groups is 1. The van der Waals surface area contributed by atoms with Crippen molar-refractivity contribution in [2.75, 3.05) is 0 Å². The number of hydrogen-bond donors (Lipinski definition) is 1. The van der Waals surface area contributed by atoms with Crippen molar-refractivity contribution in [3.05, 3.63) is 35.4 Å². The van der Waals surface area contributed by atoms with Gasteiger partial charge in [-0.25, -0.2) is 0 Å². The van der Waals surface area contributed by atoms with E-state index in [0.29, 0.717) is 12.3 Å². The highest BCUT2D eigenvalue weighted by atomic mass is 16.4. The van der Waals surface area contributed by atoms with Crippen molar-refractivity contribution in [2.24, 2.45) is 11.3 Å². The zero-order valence-electron chi connectivity index (χ0n) is 9.98. The Balaban J connectivity index is 1.81. The fourth-order valence-electron chi connectivity index (χ4n) is 3.65. The minimum Gasteiger partial charge on any atom is -0.481 e. The molecule has 1 saturated carbocycles. The molecular formula is C15H18O2. The summed E-state index contributed by atoms with van der Waals surface area (Å²) in [6, 6.07) is 8.57. The van der Waals surface area contributed by atoms with Gasteiger partial charge < -0.3 is 5.11 Å². The molecule has 0 unspecified atom stereocenters. The van der Waals surface area contributed by atoms with Gasteiger partial charge in [-0.1, -0.05) is 30.7 Å². The summed E-state index contributed by atoms with van der Waals surface area (Å²) in [4.78, 5) is 11.0. The number of carboxylic acid groups (broad SMARTS) is 1. The average Bonchev–Trinajstić information content (AvgIpc) is 2.66. The Bertz CT molecular complexity index is 421. The first-order chi connectivity index (χ1) is 8.20. The molecule has 0 spiro atoms. The lowest BCUT2D eigenvalue weighted by Gasteiger charge is -2.46. The normalized spacial score (nSPS) is 21.9. The molecule has 90 valence electrons. The molecule has 2 aliphatic carbocycles. The molecule has 0 heterocycles. The fourth-order valence-corrected chi connectivity index (χ4v) is 3.65. The van der Waals surface area contributed by atoms with Gasteiger partial charge in [-0.05, 0) is 48.1 Å². The number of fused-ring (bicyclic) bond motifs is 1. The van der Waals surface area contributed by atoms with Gasteiger partial charge in [-0.3, -0.25) is 4.79 Å². The Morgan fingerprint density at radius 1 is 1.24 bits per heavy atom. The molecule has 0 atom stereocenters. The lowest BCUT2D eigenvalue weighted by Crippen LogP contribution is -2.40. The lowest BCUT2D eigenvalue weighted by atomic mass is 9.58. The van der Waals surface area contributed by atoms with E-state index in [9.17, 15) is 4.79 Å². The highest BCUT2D eigenvalue weighted by molar-refractivity contribution is 5.68. The predicted molar refractivity (Wildman–Crippen MR) is 65.9 cm³/mol. The molecule has 0 aliphatic heterocycles. The van der Waals surface area contributed by atoms with Crippen molar-refractivity contribution in [3.8, 4) is 0 Å². The third kappa shape index (κ3) is 1.76. The second-order valence-corrected chi connectivity index (χ2v) is 5.66. The van der Waals surface area contributed by atoms with Gasteiger partial charge in [0.15, 0.2) is 0 Å². The fraction of sp³-hybridized carbons (Fsp3) is 0.533. The first-order valence-electron chi connectivity index (χ1n) is 6.48. The van der Waals surface area contributed by atoms with Gasteiger partial charge in [0.25, 0.3) is 0 Å². The van der Waals surface area contributed by atoms with Crippen LogP contribution in [0.3, 0.4) is 0 Å². The van der Waals surface area contributed by atoms with E-state index in [4.69, 9.17) is 5.11 Å². The minimum absolute atomic E-state index is 0.102. The zero-order valence-corrected chi connectivity index (χ0v) is 9.98. The second-order valence-electron chi connectivity index (χ2n) is 5.66. The highest BCUT2D eigenvalue weighted by Crippen LogP contribution is 2.54. The quantitative estimate of drug-likeness (QED) is 0.866. The molecule has 1 fully saturated rings. The van der Waals surface area contributed by atoms with Crippen LogP contribution in [-0.4, -0.2) is 11.1 Å². The number of rotatable bonds is 3. The van der Waals surface area contributed by atoms with Gasteiger partial charge in [-0.2, -0.15) is 0 Å². The largest absolute Gasteiger partial charge is 0.481 e. The molecule has 0 amide bonds. The number of benzene rings is 1. The first-order valence-corrected chi connectivity index (χ1v) is 6.48. The molecule has 2 nitrogen and oxygen atoms in total. The summed E-state index contributed by atoms with van der Waals surface area (Å²) in [7, 11) is 0. The van der Waals surface area contributed by atoms with Crippen LogP contribution in [0.4, 0.5) is 0 Å². The SMILES string of the molecule is O=C(O)CC1(C2Cc3ccccc3C2)CCC1. The number of hydrogen-bond acceptors (Lipinski definition) is 1. The molecule has 0 saturated heterocycles. The van der Waals surface area contributed by atoms with Crippen molar-refractivity contribution in [3.63, 3.8) is 0 Å². The van der Waals surface area contributed by atoms with E-state index in [1.54, 1.807) is 0 Å². The van der Waals surface area contributed by atoms with E-state index >= 15 is 0 Å². The Morgan fingerprint density at radius 3 is 2.24 bits per heavy atom. The van der Waals surface area contributed by atoms with E-state index < -0.39 is 5.97 Å². The predicted octanol–water partition coefficient (Wildman–Crippen LogP) is 3.05. The van der Waals surface area contributed by atoms with Crippen molar-refractivity contribution in [1.82, 2.24) is 0 Å². The maximum absolute atomic E-state index is 11.0. The lowest BCUT2D eigenvalue weighted by molar-refractivity contribution is -0.143. The first kappa shape index (κ1) is 10.8. The van der Waals surface area contributed by atoms with Crippen LogP contribution in [0, 0.1) is 11.3 Å². The van der Waals surface area contributed by atoms with Crippen molar-refractivity contribution in [2.45, 2.75) is 38.5 Å². The van der Waals surface area contributed by atoms with Crippen LogP contribution >= 0.6 is 0 Å². The zero-order chi connectivity index (χ0) is 11.9. The molecule has 0 aromatic heterocycles. The van der Waals surface area contributed by atoms with E-state index in [1.165, 1.54) is 17.5 Å². The van der Waals surface area contributed by atoms with Gasteiger partial charge in [0.1, 0.15) is 0 Å². The smallest absolute Gasteiger partial charge is 0.303 e. The highest BCUT2D eigenvalue weighted by Gasteiger charge is 2.47. The molecular weight excluding hydrogens is 212 g/mol. The van der Waals surface area contributed by atoms with E-state index in [2.05, 4.69) is 24.3 Å². The Morgan fingerprint density at radius 2 is 1.82 bits per heavy atom. The van der Waals surface area contributed by atoms with Crippen LogP contribution in [0.1, 0.15) is 36.8 Å². The molecule has 0 bridgehead atoms. The minimum atomic E-state index is -0.624. The maximum atomic E-state index is 11.0. The molecule has 3 rings (SSSR count). The van der Waals surface area contributed by atoms with E-state index in [1.807, 2.05) is 0 Å². The molecule has 2 heteroatoms. The average molecular weight is 230 g/mol. The topological polar surface area (TPSA) is 37.3 Å². The summed E-state index contributed by atoms with van der Waals surface area (Å²) in [6.45, 7) is 0. The molecule has 0 radical (unpaired) electrons. The van der Waals surface area contributed by atoms with Crippen LogP contribution in [0.25, 0.3) is 0 Å². The third-order valence-corrected chi connectivity index (χ3v) is 4.77. The van der Waals surface area contributed by atoms with Gasteiger partial charge in [0, 0.05) is 0 Å². The van der Waals surface area contributed by atoms with Crippen molar-refractivity contribution in [1.29, 1.82) is 0 Å². The Hall–Kier alpha value is -1.31. The van der Waals surface area contributed by atoms with Gasteiger partial charge in [-0.15, -0.1) is 0 Å². The Labute approximate surface area is 102 Å². The summed E-state index contributed by atoms with van der Waals surface area (Å²) in [5.74, 6) is -0.0644. The summed E-state index contributed by atoms with van der Waals surface area (Å²) in [5, 5.41) is 9.09. The standard InChI is InChI=1S/C15H18O2/c16-14(17)10-15(6-3-7-15)13-8-11-4-1-2-5-12(11)9-13/h1-2,4-5,13H,3,6-10H2,(H,16,17). The van der Waals surface area contributed by atoms with Crippen molar-refractivity contribution >= 4 is 5.97 Å². The van der Waals surface area contributed by atoms with E-state index in [0.717, 1.165) is 25.7 Å². The van der Waals surface area contributed by atoms with Gasteiger partial charge >= 0.3 is 5.97 Å². The maximum Gasteiger partial charge on any atom is 0.303 e. The van der Waals surface area contributed by atoms with Gasteiger partial charge in [0.05, 0.1) is 6.42 Å². The Kier molecular flexibility index (Phi) is 2.46. The summed E-state index contributed by atoms with van der Waals surface area (Å²) in [6.07, 6.45) is 5.97. The molecule has 1 N–H and O–H groups in total. The molecule has 17 heavy (non-hydrogen) atoms. The van der Waals surface area contributed by atoms with Crippen LogP contribution in [-0.2, 0) is 17.6 Å². The van der Waals surface area contributed by atoms with E-state index in [-0.39, 0.29) is 5.41 Å². The second kappa shape index (κ2) is 3.86. The van der Waals surface area contributed by atoms with Crippen LogP contribution < -0.4 is 0 Å². The van der Waals surface area contributed by atoms with Crippen LogP contribution in [0.15, 0.2) is 24.3 Å². The van der Waals surface area contributed by atoms with Crippen LogP contribution in [0.5, 0.6) is 0 Å². The van der Waals surface area contributed by atoms with Crippen molar-refractivity contribution < 1.29 is 9.90 Å². The van der Waals surface area contributed by atoms with Crippen LogP contribution in [0.2, 0.25) is 0 Å². The summed E-state index contributed by atoms with van der Waals surface area (Å²) in [5.41, 5.74) is 2.98. The third-order valence-electron chi connectivity index (χ3n) is 4.77. The molecule has 1 aromatic carbocycles. The number of carboxylic acids is 1. The number of aliphatic carboxylic acids is 1. The van der Waals surface area contributed by atoms with Gasteiger partial charge in [0.2, 0.25) is 0 Å². The monoisotopic (exact) mass is 230 g/mol. The molecule has 1 aromatic rings. The summed E-state index contributed by atoms with van der Waals surface area (Å²) >= 11 is 0. The molecule has 2 aliphatic rings.